The number of non-ortho nitro benzene ring substituents is 1. The number of carboxylic acid groups (broad SMARTS) is 1. The van der Waals surface area contributed by atoms with Gasteiger partial charge in [0.25, 0.3) is 5.69 Å². The molecule has 3 N–H and O–H groups in total. The van der Waals surface area contributed by atoms with Gasteiger partial charge in [-0.1, -0.05) is 6.07 Å². The molecule has 0 aliphatic rings. The van der Waals surface area contributed by atoms with Gasteiger partial charge in [0.2, 0.25) is 0 Å². The van der Waals surface area contributed by atoms with Crippen molar-refractivity contribution in [2.45, 2.75) is 25.9 Å². The molecule has 7 nitrogen and oxygen atoms in total. The molecule has 0 saturated carbocycles. The lowest BCUT2D eigenvalue weighted by Crippen LogP contribution is -2.24. The number of nitrogens with zero attached hydrogens (tertiary/aromatic N) is 1. The number of aliphatic carboxylic acids is 1. The molecule has 0 unspecified atom stereocenters. The van der Waals surface area contributed by atoms with Gasteiger partial charge in [-0.3, -0.25) is 14.9 Å². The largest absolute Gasteiger partial charge is 0.490 e. The minimum atomic E-state index is -0.900. The maximum absolute atomic E-state index is 10.7. The van der Waals surface area contributed by atoms with Crippen LogP contribution in [0.2, 0.25) is 0 Å². The number of carboxylic acids is 1. The highest BCUT2D eigenvalue weighted by atomic mass is 16.6. The Morgan fingerprint density at radius 2 is 2.25 bits per heavy atom. The first-order chi connectivity index (χ1) is 9.42. The lowest BCUT2D eigenvalue weighted by molar-refractivity contribution is -0.384. The number of benzene rings is 1. The normalized spacial score (nSPS) is 13.5. The molecule has 2 atom stereocenters. The van der Waals surface area contributed by atoms with Gasteiger partial charge in [-0.15, -0.1) is 0 Å². The fourth-order valence-electron chi connectivity index (χ4n) is 1.93. The average molecular weight is 282 g/mol. The Hall–Kier alpha value is -2.15. The number of hydrogen-bond acceptors (Lipinski definition) is 5. The van der Waals surface area contributed by atoms with Crippen molar-refractivity contribution in [3.05, 3.63) is 34.4 Å². The lowest BCUT2D eigenvalue weighted by Gasteiger charge is -2.19. The molecule has 0 fully saturated rings. The summed E-state index contributed by atoms with van der Waals surface area (Å²) in [5.74, 6) is -0.693. The molecule has 0 aliphatic heterocycles. The van der Waals surface area contributed by atoms with Crippen LogP contribution in [0.4, 0.5) is 5.69 Å². The Bertz CT molecular complexity index is 478. The lowest BCUT2D eigenvalue weighted by atomic mass is 9.99. The molecule has 0 aliphatic carbocycles. The summed E-state index contributed by atoms with van der Waals surface area (Å²) in [6.45, 7) is 2.04. The molecule has 20 heavy (non-hydrogen) atoms. The number of carbonyl (C=O) groups is 1. The summed E-state index contributed by atoms with van der Waals surface area (Å²) in [6.07, 6.45) is 0.190. The van der Waals surface area contributed by atoms with Crippen LogP contribution in [0, 0.1) is 16.0 Å². The monoisotopic (exact) mass is 282 g/mol. The fraction of sp³-hybridized carbons (Fsp3) is 0.462. The summed E-state index contributed by atoms with van der Waals surface area (Å²) in [5, 5.41) is 19.4. The Labute approximate surface area is 116 Å². The van der Waals surface area contributed by atoms with E-state index in [9.17, 15) is 14.9 Å². The average Bonchev–Trinajstić information content (AvgIpc) is 2.37. The molecular formula is C13H18N2O5. The van der Waals surface area contributed by atoms with Crippen molar-refractivity contribution in [1.29, 1.82) is 0 Å². The summed E-state index contributed by atoms with van der Waals surface area (Å²) in [5.41, 5.74) is 5.47. The third-order valence-corrected chi connectivity index (χ3v) is 2.83. The quantitative estimate of drug-likeness (QED) is 0.554. The molecule has 0 radical (unpaired) electrons. The van der Waals surface area contributed by atoms with Gasteiger partial charge in [-0.05, 0) is 31.9 Å². The van der Waals surface area contributed by atoms with Crippen molar-refractivity contribution < 1.29 is 19.6 Å². The van der Waals surface area contributed by atoms with E-state index in [0.29, 0.717) is 12.2 Å². The predicted octanol–water partition coefficient (Wildman–Crippen LogP) is 1.80. The van der Waals surface area contributed by atoms with E-state index in [1.807, 2.05) is 0 Å². The summed E-state index contributed by atoms with van der Waals surface area (Å²) in [6, 6.07) is 5.88. The number of hydrogen-bond donors (Lipinski definition) is 2. The molecule has 1 aromatic rings. The first-order valence-corrected chi connectivity index (χ1v) is 6.25. The molecule has 1 rings (SSSR count). The van der Waals surface area contributed by atoms with E-state index in [2.05, 4.69) is 0 Å². The Kier molecular flexibility index (Phi) is 5.92. The topological polar surface area (TPSA) is 116 Å². The van der Waals surface area contributed by atoms with E-state index in [1.165, 1.54) is 18.2 Å². The first kappa shape index (κ1) is 15.9. The van der Waals surface area contributed by atoms with E-state index in [1.54, 1.807) is 13.0 Å². The minimum Gasteiger partial charge on any atom is -0.490 e. The van der Waals surface area contributed by atoms with E-state index >= 15 is 0 Å². The van der Waals surface area contributed by atoms with Crippen LogP contribution in [0.5, 0.6) is 5.75 Å². The minimum absolute atomic E-state index is 0.0147. The molecule has 0 spiro atoms. The van der Waals surface area contributed by atoms with Crippen molar-refractivity contribution in [3.63, 3.8) is 0 Å². The molecular weight excluding hydrogens is 264 g/mol. The van der Waals surface area contributed by atoms with E-state index in [4.69, 9.17) is 15.6 Å². The van der Waals surface area contributed by atoms with Gasteiger partial charge in [-0.2, -0.15) is 0 Å². The van der Waals surface area contributed by atoms with Crippen LogP contribution in [-0.4, -0.2) is 28.6 Å². The van der Waals surface area contributed by atoms with Gasteiger partial charge >= 0.3 is 5.97 Å². The second-order valence-corrected chi connectivity index (χ2v) is 4.62. The molecule has 0 aromatic heterocycles. The summed E-state index contributed by atoms with van der Waals surface area (Å²) >= 11 is 0. The van der Waals surface area contributed by atoms with E-state index in [-0.39, 0.29) is 30.7 Å². The molecule has 110 valence electrons. The van der Waals surface area contributed by atoms with E-state index < -0.39 is 10.9 Å². The third-order valence-electron chi connectivity index (χ3n) is 2.83. The summed E-state index contributed by atoms with van der Waals surface area (Å²) < 4.78 is 5.57. The standard InChI is InChI=1S/C13H18N2O5/c1-9(5-10(8-14)6-13(16)17)20-12-4-2-3-11(7-12)15(18)19/h2-4,7,9-10H,5-6,8,14H2,1H3,(H,16,17)/t9-,10-/m0/s1. The zero-order valence-corrected chi connectivity index (χ0v) is 11.2. The second kappa shape index (κ2) is 7.44. The number of ether oxygens (including phenoxy) is 1. The van der Waals surface area contributed by atoms with Crippen LogP contribution in [0.25, 0.3) is 0 Å². The van der Waals surface area contributed by atoms with Crippen molar-refractivity contribution in [1.82, 2.24) is 0 Å². The van der Waals surface area contributed by atoms with Crippen LogP contribution in [0.15, 0.2) is 24.3 Å². The zero-order chi connectivity index (χ0) is 15.1. The van der Waals surface area contributed by atoms with Crippen LogP contribution < -0.4 is 10.5 Å². The van der Waals surface area contributed by atoms with Crippen LogP contribution >= 0.6 is 0 Å². The first-order valence-electron chi connectivity index (χ1n) is 6.25. The molecule has 1 aromatic carbocycles. The van der Waals surface area contributed by atoms with Gasteiger partial charge < -0.3 is 15.6 Å². The third kappa shape index (κ3) is 5.23. The van der Waals surface area contributed by atoms with Gasteiger partial charge in [0, 0.05) is 12.5 Å². The zero-order valence-electron chi connectivity index (χ0n) is 11.2. The van der Waals surface area contributed by atoms with E-state index in [0.717, 1.165) is 0 Å². The van der Waals surface area contributed by atoms with Crippen molar-refractivity contribution in [2.24, 2.45) is 11.7 Å². The maximum atomic E-state index is 10.7. The molecule has 0 amide bonds. The fourth-order valence-corrected chi connectivity index (χ4v) is 1.93. The van der Waals surface area contributed by atoms with Crippen LogP contribution in [0.1, 0.15) is 19.8 Å². The number of rotatable bonds is 8. The van der Waals surface area contributed by atoms with Crippen molar-refractivity contribution in [3.8, 4) is 5.75 Å². The summed E-state index contributed by atoms with van der Waals surface area (Å²) in [7, 11) is 0. The maximum Gasteiger partial charge on any atom is 0.303 e. The highest BCUT2D eigenvalue weighted by molar-refractivity contribution is 5.67. The van der Waals surface area contributed by atoms with Gasteiger partial charge in [0.05, 0.1) is 17.1 Å². The highest BCUT2D eigenvalue weighted by Gasteiger charge is 2.17. The van der Waals surface area contributed by atoms with Gasteiger partial charge in [0.1, 0.15) is 5.75 Å². The number of nitro benzene ring substituents is 1. The van der Waals surface area contributed by atoms with Gasteiger partial charge in [-0.25, -0.2) is 0 Å². The molecule has 7 heteroatoms. The molecule has 0 saturated heterocycles. The van der Waals surface area contributed by atoms with Gasteiger partial charge in [0.15, 0.2) is 0 Å². The SMILES string of the molecule is C[C@@H](C[C@H](CN)CC(=O)O)Oc1cccc([N+](=O)[O-])c1. The van der Waals surface area contributed by atoms with Crippen molar-refractivity contribution in [2.75, 3.05) is 6.54 Å². The Balaban J connectivity index is 2.61. The predicted molar refractivity (Wildman–Crippen MR) is 72.6 cm³/mol. The second-order valence-electron chi connectivity index (χ2n) is 4.62. The number of nitro groups is 1. The van der Waals surface area contributed by atoms with Crippen LogP contribution in [-0.2, 0) is 4.79 Å². The van der Waals surface area contributed by atoms with Crippen LogP contribution in [0.3, 0.4) is 0 Å². The smallest absolute Gasteiger partial charge is 0.303 e. The van der Waals surface area contributed by atoms with Crippen molar-refractivity contribution >= 4 is 11.7 Å². The molecule has 0 heterocycles. The Morgan fingerprint density at radius 1 is 1.55 bits per heavy atom. The highest BCUT2D eigenvalue weighted by Crippen LogP contribution is 2.22. The Morgan fingerprint density at radius 3 is 2.80 bits per heavy atom. The summed E-state index contributed by atoms with van der Waals surface area (Å²) in [4.78, 5) is 20.8. The number of nitrogens with two attached hydrogens (primary N) is 1. The molecule has 0 bridgehead atoms.